The second-order valence-electron chi connectivity index (χ2n) is 26.3. The van der Waals surface area contributed by atoms with Crippen molar-refractivity contribution < 1.29 is 42.1 Å². The Bertz CT molecular complexity index is 2020. The topological polar surface area (TPSA) is 108 Å². The summed E-state index contributed by atoms with van der Waals surface area (Å²) in [5, 5.41) is 0. The molecule has 0 aromatic rings. The molecule has 2 unspecified atom stereocenters. The van der Waals surface area contributed by atoms with Crippen molar-refractivity contribution in [3.05, 3.63) is 134 Å². The van der Waals surface area contributed by atoms with Crippen molar-refractivity contribution in [2.24, 2.45) is 0 Å². The third kappa shape index (κ3) is 75.2. The average Bonchev–Trinajstić information content (AvgIpc) is 2.14. The molecule has 2 atom stereocenters. The van der Waals surface area contributed by atoms with Crippen molar-refractivity contribution >= 4 is 19.8 Å². The summed E-state index contributed by atoms with van der Waals surface area (Å²) in [5.74, 6) is -0.790. The van der Waals surface area contributed by atoms with Crippen LogP contribution >= 0.6 is 7.82 Å². The number of phosphoric acid groups is 1. The Hall–Kier alpha value is -3.85. The molecular formula is C82H143NO8P+. The lowest BCUT2D eigenvalue weighted by Gasteiger charge is -2.24. The molecule has 0 aliphatic rings. The number of carbonyl (C=O) groups is 2. The third-order valence-corrected chi connectivity index (χ3v) is 17.2. The molecule has 92 heavy (non-hydrogen) atoms. The molecular weight excluding hydrogens is 1160 g/mol. The van der Waals surface area contributed by atoms with Crippen molar-refractivity contribution in [1.82, 2.24) is 0 Å². The van der Waals surface area contributed by atoms with E-state index in [-0.39, 0.29) is 32.0 Å². The molecule has 0 aliphatic carbocycles. The Balaban J connectivity index is 3.99. The zero-order valence-electron chi connectivity index (χ0n) is 60.2. The maximum Gasteiger partial charge on any atom is 0.472 e. The molecule has 0 aliphatic heterocycles. The van der Waals surface area contributed by atoms with E-state index in [2.05, 4.69) is 148 Å². The van der Waals surface area contributed by atoms with Gasteiger partial charge in [-0.3, -0.25) is 18.6 Å². The molecule has 528 valence electrons. The summed E-state index contributed by atoms with van der Waals surface area (Å²) in [5.41, 5.74) is 0. The van der Waals surface area contributed by atoms with Crippen LogP contribution in [0.15, 0.2) is 134 Å². The SMILES string of the molecule is CC/C=C\C/C=C\C/C=C\C/C=C\C/C=C\C/C=C\C/C=C\CCCCCCCCCCCCCCCCCCCC(=O)OC(COC(=O)CCCCCCCCCCCCCCCCCC/C=C\C/C=C\C/C=C\C/C=C\CC)COP(=O)(O)OCC[N+](C)(C)C. The summed E-state index contributed by atoms with van der Waals surface area (Å²) in [6.45, 7) is 4.24. The molecule has 0 spiro atoms. The van der Waals surface area contributed by atoms with Crippen LogP contribution in [-0.2, 0) is 32.7 Å². The van der Waals surface area contributed by atoms with E-state index < -0.39 is 26.5 Å². The van der Waals surface area contributed by atoms with E-state index in [0.29, 0.717) is 17.4 Å². The van der Waals surface area contributed by atoms with Crippen LogP contribution in [0.1, 0.15) is 322 Å². The number of ether oxygens (including phenoxy) is 2. The van der Waals surface area contributed by atoms with E-state index in [4.69, 9.17) is 18.5 Å². The molecule has 0 bridgehead atoms. The molecule has 0 saturated carbocycles. The Kier molecular flexibility index (Phi) is 68.5. The standard InChI is InChI=1S/C82H142NO8P/c1-6-8-10-12-14-16-18-20-22-24-26-28-30-32-34-36-37-38-39-40-41-42-43-44-45-47-49-51-53-55-57-59-61-63-65-67-69-71-73-75-82(85)91-80(79-90-92(86,87)89-77-76-83(3,4)5)78-88-81(84)74-72-70-68-66-64-62-60-58-56-54-52-50-48-46-35-33-31-29-27-25-23-21-19-17-15-13-11-9-7-2/h8-11,14-17,20-23,26-29,32,34,37-38,40-41,80H,6-7,12-13,18-19,24-25,30-31,33,35-36,39,42-79H2,1-5H3/p+1/b10-8-,11-9-,16-14-,17-15-,22-20-,23-21-,28-26-,29-27-,34-32-,38-37-,41-40-. The predicted octanol–water partition coefficient (Wildman–Crippen LogP) is 25.2. The number of hydrogen-bond donors (Lipinski definition) is 1. The molecule has 0 amide bonds. The number of carbonyl (C=O) groups excluding carboxylic acids is 2. The summed E-state index contributed by atoms with van der Waals surface area (Å²) < 4.78 is 34.8. The van der Waals surface area contributed by atoms with Gasteiger partial charge in [-0.2, -0.15) is 0 Å². The smallest absolute Gasteiger partial charge is 0.462 e. The van der Waals surface area contributed by atoms with E-state index in [9.17, 15) is 19.0 Å². The third-order valence-electron chi connectivity index (χ3n) is 16.2. The fourth-order valence-corrected chi connectivity index (χ4v) is 11.2. The van der Waals surface area contributed by atoms with Gasteiger partial charge in [0.05, 0.1) is 27.7 Å². The molecule has 0 radical (unpaired) electrons. The summed E-state index contributed by atoms with van der Waals surface area (Å²) in [7, 11) is 1.48. The van der Waals surface area contributed by atoms with Gasteiger partial charge in [0.25, 0.3) is 0 Å². The maximum absolute atomic E-state index is 12.9. The van der Waals surface area contributed by atoms with E-state index >= 15 is 0 Å². The van der Waals surface area contributed by atoms with Crippen molar-refractivity contribution in [3.63, 3.8) is 0 Å². The zero-order valence-corrected chi connectivity index (χ0v) is 61.1. The number of unbranched alkanes of at least 4 members (excludes halogenated alkanes) is 33. The van der Waals surface area contributed by atoms with Crippen LogP contribution in [-0.4, -0.2) is 74.9 Å². The van der Waals surface area contributed by atoms with Gasteiger partial charge in [-0.25, -0.2) is 4.57 Å². The largest absolute Gasteiger partial charge is 0.472 e. The quantitative estimate of drug-likeness (QED) is 0.0211. The molecule has 9 nitrogen and oxygen atoms in total. The number of rotatable bonds is 69. The first-order chi connectivity index (χ1) is 45.0. The molecule has 0 aromatic carbocycles. The van der Waals surface area contributed by atoms with Gasteiger partial charge >= 0.3 is 19.8 Å². The normalized spacial score (nSPS) is 13.8. The molecule has 1 N–H and O–H groups in total. The first-order valence-corrected chi connectivity index (χ1v) is 39.4. The van der Waals surface area contributed by atoms with Gasteiger partial charge in [0.1, 0.15) is 19.8 Å². The second-order valence-corrected chi connectivity index (χ2v) is 27.7. The van der Waals surface area contributed by atoms with Crippen molar-refractivity contribution in [2.75, 3.05) is 47.5 Å². The summed E-state index contributed by atoms with van der Waals surface area (Å²) >= 11 is 0. The minimum atomic E-state index is -4.40. The Morgan fingerprint density at radius 1 is 0.337 bits per heavy atom. The summed E-state index contributed by atoms with van der Waals surface area (Å²) in [6, 6.07) is 0. The van der Waals surface area contributed by atoms with E-state index in [1.807, 2.05) is 21.1 Å². The van der Waals surface area contributed by atoms with Crippen LogP contribution in [0, 0.1) is 0 Å². The van der Waals surface area contributed by atoms with Gasteiger partial charge in [0.15, 0.2) is 6.10 Å². The number of nitrogens with zero attached hydrogens (tertiary/aromatic N) is 1. The Labute approximate surface area is 568 Å². The first-order valence-electron chi connectivity index (χ1n) is 37.9. The highest BCUT2D eigenvalue weighted by atomic mass is 31.2. The summed E-state index contributed by atoms with van der Waals surface area (Å²) in [4.78, 5) is 36.0. The van der Waals surface area contributed by atoms with Crippen molar-refractivity contribution in [2.45, 2.75) is 328 Å². The Morgan fingerprint density at radius 3 is 0.870 bits per heavy atom. The van der Waals surface area contributed by atoms with Crippen molar-refractivity contribution in [3.8, 4) is 0 Å². The monoisotopic (exact) mass is 1300 g/mol. The van der Waals surface area contributed by atoms with Gasteiger partial charge in [-0.15, -0.1) is 0 Å². The van der Waals surface area contributed by atoms with E-state index in [1.165, 1.54) is 180 Å². The molecule has 10 heteroatoms. The lowest BCUT2D eigenvalue weighted by atomic mass is 10.0. The fourth-order valence-electron chi connectivity index (χ4n) is 10.5. The van der Waals surface area contributed by atoms with Crippen LogP contribution in [0.2, 0.25) is 0 Å². The van der Waals surface area contributed by atoms with Crippen LogP contribution < -0.4 is 0 Å². The zero-order chi connectivity index (χ0) is 66.9. The van der Waals surface area contributed by atoms with Gasteiger partial charge in [-0.05, 0) is 109 Å². The van der Waals surface area contributed by atoms with Crippen LogP contribution in [0.4, 0.5) is 0 Å². The Morgan fingerprint density at radius 2 is 0.587 bits per heavy atom. The minimum Gasteiger partial charge on any atom is -0.462 e. The highest BCUT2D eigenvalue weighted by molar-refractivity contribution is 7.47. The summed E-state index contributed by atoms with van der Waals surface area (Å²) in [6.07, 6.45) is 104. The number of esters is 2. The average molecular weight is 1300 g/mol. The van der Waals surface area contributed by atoms with Crippen LogP contribution in [0.5, 0.6) is 0 Å². The van der Waals surface area contributed by atoms with Crippen molar-refractivity contribution in [1.29, 1.82) is 0 Å². The second kappa shape index (κ2) is 71.4. The van der Waals surface area contributed by atoms with Gasteiger partial charge < -0.3 is 18.9 Å². The van der Waals surface area contributed by atoms with E-state index in [1.54, 1.807) is 0 Å². The van der Waals surface area contributed by atoms with Gasteiger partial charge in [0.2, 0.25) is 0 Å². The van der Waals surface area contributed by atoms with Crippen LogP contribution in [0.3, 0.4) is 0 Å². The number of quaternary nitrogens is 1. The van der Waals surface area contributed by atoms with Gasteiger partial charge in [0, 0.05) is 12.8 Å². The van der Waals surface area contributed by atoms with Gasteiger partial charge in [-0.1, -0.05) is 334 Å². The highest BCUT2D eigenvalue weighted by Gasteiger charge is 2.27. The number of likely N-dealkylation sites (N-methyl/N-ethyl adjacent to an activating group) is 1. The fraction of sp³-hybridized carbons (Fsp3) is 0.707. The lowest BCUT2D eigenvalue weighted by Crippen LogP contribution is -2.37. The highest BCUT2D eigenvalue weighted by Crippen LogP contribution is 2.43. The molecule has 0 heterocycles. The molecule has 0 rings (SSSR count). The molecule has 0 aromatic heterocycles. The number of hydrogen-bond acceptors (Lipinski definition) is 7. The minimum absolute atomic E-state index is 0.0287. The molecule has 0 fully saturated rings. The van der Waals surface area contributed by atoms with Crippen LogP contribution in [0.25, 0.3) is 0 Å². The lowest BCUT2D eigenvalue weighted by molar-refractivity contribution is -0.870. The predicted molar refractivity (Wildman–Crippen MR) is 399 cm³/mol. The number of allylic oxidation sites excluding steroid dienone is 22. The first kappa shape index (κ1) is 88.2. The molecule has 0 saturated heterocycles. The number of phosphoric ester groups is 1. The van der Waals surface area contributed by atoms with E-state index in [0.717, 1.165) is 109 Å². The maximum atomic E-state index is 12.9.